The molecule has 2 fully saturated rings. The number of allylic oxidation sites excluding steroid dienone is 1. The van der Waals surface area contributed by atoms with E-state index in [1.54, 1.807) is 6.92 Å². The lowest BCUT2D eigenvalue weighted by molar-refractivity contribution is -0.155. The van der Waals surface area contributed by atoms with Gasteiger partial charge in [-0.05, 0) is 32.1 Å². The van der Waals surface area contributed by atoms with Crippen LogP contribution in [0, 0.1) is 23.7 Å². The Morgan fingerprint density at radius 3 is 2.55 bits per heavy atom. The number of esters is 1. The van der Waals surface area contributed by atoms with Crippen molar-refractivity contribution in [2.45, 2.75) is 64.5 Å². The summed E-state index contributed by atoms with van der Waals surface area (Å²) in [5.74, 6) is -2.44. The Labute approximate surface area is 172 Å². The minimum absolute atomic E-state index is 0.0876. The molecule has 5 atom stereocenters. The van der Waals surface area contributed by atoms with Crippen LogP contribution >= 0.6 is 0 Å². The number of carbonyl (C=O) groups is 3. The van der Waals surface area contributed by atoms with Gasteiger partial charge in [-0.1, -0.05) is 38.3 Å². The number of carbonyl (C=O) groups excluding carboxylic acids is 3. The van der Waals surface area contributed by atoms with E-state index in [1.165, 1.54) is 11.3 Å². The van der Waals surface area contributed by atoms with Crippen LogP contribution in [0.25, 0.3) is 0 Å². The van der Waals surface area contributed by atoms with Gasteiger partial charge in [0.15, 0.2) is 0 Å². The monoisotopic (exact) mass is 406 g/mol. The third-order valence-corrected chi connectivity index (χ3v) is 6.70. The molecular formula is C22H34N2O5. The Bertz CT molecular complexity index is 643. The van der Waals surface area contributed by atoms with Crippen molar-refractivity contribution in [3.05, 3.63) is 12.2 Å². The number of aliphatic hydroxyl groups is 1. The minimum Gasteiger partial charge on any atom is -0.466 e. The van der Waals surface area contributed by atoms with Gasteiger partial charge in [-0.15, -0.1) is 0 Å². The summed E-state index contributed by atoms with van der Waals surface area (Å²) in [5, 5.41) is 12.7. The molecule has 2 aliphatic carbocycles. The minimum atomic E-state index is -0.687. The molecule has 0 bridgehead atoms. The van der Waals surface area contributed by atoms with E-state index in [0.29, 0.717) is 0 Å². The number of ether oxygens (including phenoxy) is 1. The van der Waals surface area contributed by atoms with Gasteiger partial charge < -0.3 is 20.1 Å². The van der Waals surface area contributed by atoms with E-state index < -0.39 is 17.9 Å². The Morgan fingerprint density at radius 1 is 1.21 bits per heavy atom. The molecular weight excluding hydrogens is 372 g/mol. The average molecular weight is 407 g/mol. The van der Waals surface area contributed by atoms with Gasteiger partial charge in [0.2, 0.25) is 11.8 Å². The second-order valence-corrected chi connectivity index (χ2v) is 8.38. The predicted molar refractivity (Wildman–Crippen MR) is 108 cm³/mol. The predicted octanol–water partition coefficient (Wildman–Crippen LogP) is 1.65. The summed E-state index contributed by atoms with van der Waals surface area (Å²) in [5.41, 5.74) is 0. The molecule has 2 amide bonds. The van der Waals surface area contributed by atoms with Crippen LogP contribution < -0.4 is 5.32 Å². The number of fused-ring (bicyclic) bond motifs is 1. The van der Waals surface area contributed by atoms with Crippen molar-refractivity contribution in [3.63, 3.8) is 0 Å². The van der Waals surface area contributed by atoms with Gasteiger partial charge in [-0.3, -0.25) is 14.4 Å². The largest absolute Gasteiger partial charge is 0.466 e. The van der Waals surface area contributed by atoms with Crippen LogP contribution in [0.1, 0.15) is 52.4 Å². The van der Waals surface area contributed by atoms with Crippen LogP contribution in [0.2, 0.25) is 0 Å². The first kappa shape index (κ1) is 21.8. The Balaban J connectivity index is 1.88. The van der Waals surface area contributed by atoms with Crippen LogP contribution in [0.3, 0.4) is 0 Å². The first-order chi connectivity index (χ1) is 14.0. The second-order valence-electron chi connectivity index (χ2n) is 8.38. The molecule has 0 aromatic rings. The molecule has 162 valence electrons. The molecule has 0 radical (unpaired) electrons. The Kier molecular flexibility index (Phi) is 7.33. The number of likely N-dealkylation sites (tertiary alicyclic amines) is 1. The van der Waals surface area contributed by atoms with E-state index in [2.05, 4.69) is 5.32 Å². The molecule has 3 rings (SSSR count). The molecule has 0 spiro atoms. The van der Waals surface area contributed by atoms with Crippen molar-refractivity contribution < 1.29 is 24.2 Å². The van der Waals surface area contributed by atoms with Crippen LogP contribution in [-0.2, 0) is 19.1 Å². The zero-order chi connectivity index (χ0) is 21.0. The third kappa shape index (κ3) is 4.34. The topological polar surface area (TPSA) is 95.9 Å². The van der Waals surface area contributed by atoms with Crippen LogP contribution in [-0.4, -0.2) is 59.6 Å². The number of hydrogen-bond donors (Lipinski definition) is 2. The summed E-state index contributed by atoms with van der Waals surface area (Å²) < 4.78 is 5.29. The fraction of sp³-hybridized carbons (Fsp3) is 0.773. The number of hydrogen-bond acceptors (Lipinski definition) is 5. The summed E-state index contributed by atoms with van der Waals surface area (Å²) in [6, 6.07) is -0.550. The maximum absolute atomic E-state index is 13.3. The Morgan fingerprint density at radius 2 is 1.93 bits per heavy atom. The van der Waals surface area contributed by atoms with Crippen LogP contribution in [0.15, 0.2) is 12.2 Å². The molecule has 3 aliphatic rings. The standard InChI is InChI=1S/C22H34N2O5/c1-3-14-10-11-16-18(17(14)22(28)29-4-2)21(27)24(12-13-25)19(16)20(26)23-15-8-6-5-7-9-15/h10-11,14-19,25H,3-9,12-13H2,1-2H3,(H,23,26)/t14-,16+,17-,18-,19+/m1/s1. The van der Waals surface area contributed by atoms with Crippen molar-refractivity contribution in [2.75, 3.05) is 19.8 Å². The summed E-state index contributed by atoms with van der Waals surface area (Å²) in [6.07, 6.45) is 9.94. The van der Waals surface area contributed by atoms with Gasteiger partial charge in [0, 0.05) is 18.5 Å². The number of β-amino-alcohol motifs (C(OH)–C–C–N with tert-alkyl or cyclic N) is 1. The summed E-state index contributed by atoms with van der Waals surface area (Å²) in [6.45, 7) is 3.87. The van der Waals surface area contributed by atoms with Gasteiger partial charge in [0.25, 0.3) is 0 Å². The molecule has 29 heavy (non-hydrogen) atoms. The lowest BCUT2D eigenvalue weighted by Crippen LogP contribution is -2.51. The molecule has 2 N–H and O–H groups in total. The fourth-order valence-corrected chi connectivity index (χ4v) is 5.33. The number of aliphatic hydroxyl groups excluding tert-OH is 1. The quantitative estimate of drug-likeness (QED) is 0.495. The van der Waals surface area contributed by atoms with Crippen LogP contribution in [0.4, 0.5) is 0 Å². The highest BCUT2D eigenvalue weighted by Gasteiger charge is 2.57. The van der Waals surface area contributed by atoms with E-state index in [-0.39, 0.29) is 55.4 Å². The maximum atomic E-state index is 13.3. The van der Waals surface area contributed by atoms with Crippen molar-refractivity contribution in [2.24, 2.45) is 23.7 Å². The summed E-state index contributed by atoms with van der Waals surface area (Å²) >= 11 is 0. The molecule has 1 saturated heterocycles. The lowest BCUT2D eigenvalue weighted by atomic mass is 9.69. The molecule has 1 saturated carbocycles. The summed E-state index contributed by atoms with van der Waals surface area (Å²) in [7, 11) is 0. The molecule has 1 aliphatic heterocycles. The average Bonchev–Trinajstić information content (AvgIpc) is 3.00. The number of nitrogens with zero attached hydrogens (tertiary/aromatic N) is 1. The van der Waals surface area contributed by atoms with Crippen molar-refractivity contribution in [3.8, 4) is 0 Å². The summed E-state index contributed by atoms with van der Waals surface area (Å²) in [4.78, 5) is 40.7. The zero-order valence-corrected chi connectivity index (χ0v) is 17.5. The van der Waals surface area contributed by atoms with Gasteiger partial charge >= 0.3 is 5.97 Å². The molecule has 1 heterocycles. The van der Waals surface area contributed by atoms with Gasteiger partial charge in [-0.25, -0.2) is 0 Å². The van der Waals surface area contributed by atoms with Gasteiger partial charge in [-0.2, -0.15) is 0 Å². The van der Waals surface area contributed by atoms with Crippen molar-refractivity contribution in [1.29, 1.82) is 0 Å². The molecule has 0 unspecified atom stereocenters. The number of amides is 2. The van der Waals surface area contributed by atoms with Crippen LogP contribution in [0.5, 0.6) is 0 Å². The van der Waals surface area contributed by atoms with Crippen molar-refractivity contribution in [1.82, 2.24) is 10.2 Å². The lowest BCUT2D eigenvalue weighted by Gasteiger charge is -2.34. The highest BCUT2D eigenvalue weighted by atomic mass is 16.5. The molecule has 0 aromatic carbocycles. The first-order valence-corrected chi connectivity index (χ1v) is 11.1. The highest BCUT2D eigenvalue weighted by molar-refractivity contribution is 5.96. The number of nitrogens with one attached hydrogen (secondary N) is 1. The molecule has 7 nitrogen and oxygen atoms in total. The maximum Gasteiger partial charge on any atom is 0.310 e. The second kappa shape index (κ2) is 9.74. The van der Waals surface area contributed by atoms with Gasteiger partial charge in [0.1, 0.15) is 6.04 Å². The number of rotatable bonds is 7. The third-order valence-electron chi connectivity index (χ3n) is 6.70. The normalized spacial score (nSPS) is 32.2. The van der Waals surface area contributed by atoms with Crippen molar-refractivity contribution >= 4 is 17.8 Å². The SMILES string of the molecule is CCOC(=O)[C@H]1[C@@H]2C(=O)N(CCO)[C@H](C(=O)NC3CCCCC3)[C@H]2C=C[C@H]1CC. The van der Waals surface area contributed by atoms with Gasteiger partial charge in [0.05, 0.1) is 25.0 Å². The molecule has 7 heteroatoms. The zero-order valence-electron chi connectivity index (χ0n) is 17.5. The Hall–Kier alpha value is -1.89. The highest BCUT2D eigenvalue weighted by Crippen LogP contribution is 2.45. The molecule has 0 aromatic heterocycles. The fourth-order valence-electron chi connectivity index (χ4n) is 5.33. The first-order valence-electron chi connectivity index (χ1n) is 11.1. The van der Waals surface area contributed by atoms with E-state index in [1.807, 2.05) is 19.1 Å². The van der Waals surface area contributed by atoms with E-state index in [4.69, 9.17) is 4.74 Å². The van der Waals surface area contributed by atoms with E-state index in [9.17, 15) is 19.5 Å². The van der Waals surface area contributed by atoms with E-state index in [0.717, 1.165) is 32.1 Å². The van der Waals surface area contributed by atoms with E-state index >= 15 is 0 Å². The smallest absolute Gasteiger partial charge is 0.310 e.